The molecule has 1 aromatic heterocycles. The van der Waals surface area contributed by atoms with Crippen LogP contribution in [-0.4, -0.2) is 4.98 Å². The fourth-order valence-corrected chi connectivity index (χ4v) is 3.24. The van der Waals surface area contributed by atoms with Crippen molar-refractivity contribution in [2.75, 3.05) is 0 Å². The molecule has 0 aliphatic heterocycles. The summed E-state index contributed by atoms with van der Waals surface area (Å²) in [6.07, 6.45) is 4.61. The molecule has 0 bridgehead atoms. The van der Waals surface area contributed by atoms with E-state index >= 15 is 0 Å². The van der Waals surface area contributed by atoms with Gasteiger partial charge >= 0.3 is 0 Å². The molecule has 0 aliphatic carbocycles. The Morgan fingerprint density at radius 1 is 0.704 bits per heavy atom. The molecule has 0 N–H and O–H groups in total. The number of aryl methyl sites for hydroxylation is 1. The number of aromatic nitrogens is 1. The summed E-state index contributed by atoms with van der Waals surface area (Å²) >= 11 is 0. The van der Waals surface area contributed by atoms with E-state index in [2.05, 4.69) is 95.7 Å². The van der Waals surface area contributed by atoms with Crippen LogP contribution in [0.3, 0.4) is 0 Å². The number of hydrogen-bond acceptors (Lipinski definition) is 1. The fourth-order valence-electron chi connectivity index (χ4n) is 3.24. The molecule has 0 spiro atoms. The Balaban J connectivity index is 1.41. The minimum atomic E-state index is 0.836. The van der Waals surface area contributed by atoms with Gasteiger partial charge in [0.15, 0.2) is 0 Å². The van der Waals surface area contributed by atoms with Gasteiger partial charge in [-0.05, 0) is 41.1 Å². The number of benzene rings is 3. The summed E-state index contributed by atoms with van der Waals surface area (Å²) in [5.74, 6) is 6.55. The normalized spacial score (nSPS) is 10.4. The van der Waals surface area contributed by atoms with Crippen LogP contribution in [0, 0.1) is 11.8 Å². The van der Waals surface area contributed by atoms with Crippen molar-refractivity contribution < 1.29 is 0 Å². The third-order valence-electron chi connectivity index (χ3n) is 4.70. The van der Waals surface area contributed by atoms with E-state index in [4.69, 9.17) is 0 Å². The van der Waals surface area contributed by atoms with Crippen LogP contribution in [0.5, 0.6) is 0 Å². The van der Waals surface area contributed by atoms with Crippen molar-refractivity contribution in [1.29, 1.82) is 0 Å². The van der Waals surface area contributed by atoms with E-state index in [0.29, 0.717) is 0 Å². The van der Waals surface area contributed by atoms with Crippen molar-refractivity contribution in [3.63, 3.8) is 0 Å². The van der Waals surface area contributed by atoms with Gasteiger partial charge in [0, 0.05) is 30.0 Å². The highest BCUT2D eigenvalue weighted by atomic mass is 14.7. The van der Waals surface area contributed by atoms with Crippen molar-refractivity contribution >= 4 is 10.8 Å². The number of nitrogens with zero attached hydrogens (tertiary/aromatic N) is 1. The van der Waals surface area contributed by atoms with Crippen molar-refractivity contribution in [3.05, 3.63) is 114 Å². The molecule has 0 radical (unpaired) electrons. The lowest BCUT2D eigenvalue weighted by atomic mass is 10.0. The van der Waals surface area contributed by atoms with Gasteiger partial charge in [0.1, 0.15) is 0 Å². The highest BCUT2D eigenvalue weighted by Gasteiger charge is 2.03. The van der Waals surface area contributed by atoms with Gasteiger partial charge in [0.2, 0.25) is 0 Å². The zero-order valence-corrected chi connectivity index (χ0v) is 15.2. The molecule has 0 amide bonds. The van der Waals surface area contributed by atoms with E-state index in [1.165, 1.54) is 21.9 Å². The first kappa shape index (κ1) is 17.1. The summed E-state index contributed by atoms with van der Waals surface area (Å²) in [7, 11) is 0. The molecule has 4 rings (SSSR count). The second-order valence-electron chi connectivity index (χ2n) is 6.64. The Morgan fingerprint density at radius 3 is 2.33 bits per heavy atom. The molecule has 1 nitrogen and oxygen atoms in total. The molecule has 0 aliphatic rings. The standard InChI is InChI=1S/C26H21N/c1-2-8-21(9-3-1)10-4-5-11-22-14-16-23(17-15-22)20-26-25-13-7-6-12-24(25)18-19-27-26/h1-3,6-9,12-19H,4,10,20H2. The van der Waals surface area contributed by atoms with E-state index in [9.17, 15) is 0 Å². The number of hydrogen-bond donors (Lipinski definition) is 0. The maximum absolute atomic E-state index is 4.59. The van der Waals surface area contributed by atoms with Crippen LogP contribution < -0.4 is 0 Å². The number of rotatable bonds is 4. The van der Waals surface area contributed by atoms with Gasteiger partial charge < -0.3 is 0 Å². The highest BCUT2D eigenvalue weighted by Crippen LogP contribution is 2.19. The van der Waals surface area contributed by atoms with Crippen molar-refractivity contribution in [2.45, 2.75) is 19.3 Å². The number of pyridine rings is 1. The largest absolute Gasteiger partial charge is 0.260 e. The summed E-state index contributed by atoms with van der Waals surface area (Å²) in [6, 6.07) is 29.5. The summed E-state index contributed by atoms with van der Waals surface area (Å²) in [5, 5.41) is 2.47. The lowest BCUT2D eigenvalue weighted by molar-refractivity contribution is 1.03. The smallest absolute Gasteiger partial charge is 0.0525 e. The molecule has 3 aromatic carbocycles. The highest BCUT2D eigenvalue weighted by molar-refractivity contribution is 5.84. The lowest BCUT2D eigenvalue weighted by Crippen LogP contribution is -1.93. The fraction of sp³-hybridized carbons (Fsp3) is 0.115. The van der Waals surface area contributed by atoms with Crippen LogP contribution >= 0.6 is 0 Å². The van der Waals surface area contributed by atoms with E-state index in [0.717, 1.165) is 30.5 Å². The Labute approximate surface area is 160 Å². The molecule has 1 heterocycles. The lowest BCUT2D eigenvalue weighted by Gasteiger charge is -2.06. The molecule has 0 atom stereocenters. The minimum Gasteiger partial charge on any atom is -0.260 e. The van der Waals surface area contributed by atoms with Gasteiger partial charge in [-0.2, -0.15) is 0 Å². The quantitative estimate of drug-likeness (QED) is 0.425. The average molecular weight is 347 g/mol. The minimum absolute atomic E-state index is 0.836. The molecule has 0 saturated heterocycles. The number of fused-ring (bicyclic) bond motifs is 1. The van der Waals surface area contributed by atoms with Gasteiger partial charge in [-0.3, -0.25) is 4.98 Å². The third-order valence-corrected chi connectivity index (χ3v) is 4.70. The summed E-state index contributed by atoms with van der Waals surface area (Å²) < 4.78 is 0. The first-order chi connectivity index (χ1) is 13.4. The van der Waals surface area contributed by atoms with E-state index in [-0.39, 0.29) is 0 Å². The molecule has 1 heteroatoms. The molecule has 4 aromatic rings. The first-order valence-corrected chi connectivity index (χ1v) is 9.33. The van der Waals surface area contributed by atoms with E-state index in [1.807, 2.05) is 12.3 Å². The molecule has 27 heavy (non-hydrogen) atoms. The van der Waals surface area contributed by atoms with Gasteiger partial charge in [0.25, 0.3) is 0 Å². The Morgan fingerprint density at radius 2 is 1.48 bits per heavy atom. The zero-order valence-electron chi connectivity index (χ0n) is 15.2. The summed E-state index contributed by atoms with van der Waals surface area (Å²) in [4.78, 5) is 4.59. The summed E-state index contributed by atoms with van der Waals surface area (Å²) in [5.41, 5.74) is 4.78. The predicted molar refractivity (Wildman–Crippen MR) is 113 cm³/mol. The van der Waals surface area contributed by atoms with Gasteiger partial charge in [-0.25, -0.2) is 0 Å². The van der Waals surface area contributed by atoms with Crippen LogP contribution in [0.25, 0.3) is 10.8 Å². The molecule has 0 fully saturated rings. The second kappa shape index (κ2) is 8.34. The van der Waals surface area contributed by atoms with E-state index < -0.39 is 0 Å². The molecular formula is C26H21N. The first-order valence-electron chi connectivity index (χ1n) is 9.33. The molecule has 0 unspecified atom stereocenters. The Bertz CT molecular complexity index is 1080. The molecule has 130 valence electrons. The van der Waals surface area contributed by atoms with Crippen LogP contribution in [-0.2, 0) is 12.8 Å². The van der Waals surface area contributed by atoms with Crippen molar-refractivity contribution in [3.8, 4) is 11.8 Å². The maximum Gasteiger partial charge on any atom is 0.0525 e. The van der Waals surface area contributed by atoms with Crippen LogP contribution in [0.15, 0.2) is 91.1 Å². The topological polar surface area (TPSA) is 12.9 Å². The maximum atomic E-state index is 4.59. The third kappa shape index (κ3) is 4.43. The SMILES string of the molecule is C(#Cc1ccc(Cc2nccc3ccccc23)cc1)CCc1ccccc1. The Kier molecular flexibility index (Phi) is 5.27. The van der Waals surface area contributed by atoms with Crippen LogP contribution in [0.1, 0.15) is 28.8 Å². The zero-order chi connectivity index (χ0) is 18.3. The molecular weight excluding hydrogens is 326 g/mol. The summed E-state index contributed by atoms with van der Waals surface area (Å²) in [6.45, 7) is 0. The van der Waals surface area contributed by atoms with Crippen molar-refractivity contribution in [1.82, 2.24) is 4.98 Å². The second-order valence-corrected chi connectivity index (χ2v) is 6.64. The van der Waals surface area contributed by atoms with Gasteiger partial charge in [-0.1, -0.05) is 78.6 Å². The Hall–Kier alpha value is -3.37. The van der Waals surface area contributed by atoms with Crippen LogP contribution in [0.2, 0.25) is 0 Å². The van der Waals surface area contributed by atoms with Crippen molar-refractivity contribution in [2.24, 2.45) is 0 Å². The van der Waals surface area contributed by atoms with E-state index in [1.54, 1.807) is 0 Å². The van der Waals surface area contributed by atoms with Gasteiger partial charge in [0.05, 0.1) is 5.69 Å². The predicted octanol–water partition coefficient (Wildman–Crippen LogP) is 5.81. The van der Waals surface area contributed by atoms with Gasteiger partial charge in [-0.15, -0.1) is 0 Å². The average Bonchev–Trinajstić information content (AvgIpc) is 2.73. The molecule has 0 saturated carbocycles. The van der Waals surface area contributed by atoms with Crippen LogP contribution in [0.4, 0.5) is 0 Å². The monoisotopic (exact) mass is 347 g/mol.